The Balaban J connectivity index is 2.31. The first-order chi connectivity index (χ1) is 9.29. The van der Waals surface area contributed by atoms with Crippen molar-refractivity contribution in [3.05, 3.63) is 36.5 Å². The van der Waals surface area contributed by atoms with E-state index < -0.39 is 29.3 Å². The molecule has 0 unspecified atom stereocenters. The van der Waals surface area contributed by atoms with Gasteiger partial charge in [0.1, 0.15) is 17.2 Å². The van der Waals surface area contributed by atoms with E-state index >= 15 is 0 Å². The van der Waals surface area contributed by atoms with Crippen LogP contribution in [-0.4, -0.2) is 35.6 Å². The number of sulfonamides is 1. The molecule has 2 aromatic heterocycles. The number of alkyl halides is 3. The van der Waals surface area contributed by atoms with Crippen LogP contribution in [0.2, 0.25) is 0 Å². The number of rotatable bonds is 5. The molecule has 0 aliphatic carbocycles. The SMILES string of the molecule is O=S(=O)(c1cn[nH]c1)N(Cc1ccco1)CC(F)(F)F. The lowest BCUT2D eigenvalue weighted by Gasteiger charge is -2.21. The highest BCUT2D eigenvalue weighted by atomic mass is 32.2. The van der Waals surface area contributed by atoms with Gasteiger partial charge in [0.2, 0.25) is 10.0 Å². The van der Waals surface area contributed by atoms with Gasteiger partial charge in [-0.1, -0.05) is 0 Å². The molecule has 0 radical (unpaired) electrons. The van der Waals surface area contributed by atoms with Crippen LogP contribution >= 0.6 is 0 Å². The maximum absolute atomic E-state index is 12.5. The standard InChI is InChI=1S/C10H10F3N3O3S/c11-10(12,13)7-16(6-8-2-1-3-19-8)20(17,18)9-4-14-15-5-9/h1-5H,6-7H2,(H,14,15). The molecule has 20 heavy (non-hydrogen) atoms. The monoisotopic (exact) mass is 309 g/mol. The molecule has 0 amide bonds. The molecule has 110 valence electrons. The number of H-pyrrole nitrogens is 1. The fraction of sp³-hybridized carbons (Fsp3) is 0.300. The maximum Gasteiger partial charge on any atom is 0.402 e. The van der Waals surface area contributed by atoms with Gasteiger partial charge in [0.05, 0.1) is 19.0 Å². The number of hydrogen-bond donors (Lipinski definition) is 1. The van der Waals surface area contributed by atoms with Gasteiger partial charge in [0.15, 0.2) is 0 Å². The van der Waals surface area contributed by atoms with Crippen molar-refractivity contribution < 1.29 is 26.0 Å². The average molecular weight is 309 g/mol. The Labute approximate surface area is 112 Å². The molecule has 1 N–H and O–H groups in total. The molecule has 2 heterocycles. The molecule has 0 aliphatic rings. The van der Waals surface area contributed by atoms with Crippen LogP contribution < -0.4 is 0 Å². The summed E-state index contributed by atoms with van der Waals surface area (Å²) in [6, 6.07) is 2.86. The summed E-state index contributed by atoms with van der Waals surface area (Å²) >= 11 is 0. The van der Waals surface area contributed by atoms with Crippen LogP contribution in [-0.2, 0) is 16.6 Å². The molecule has 0 aliphatic heterocycles. The lowest BCUT2D eigenvalue weighted by molar-refractivity contribution is -0.137. The number of halogens is 3. The first kappa shape index (κ1) is 14.6. The predicted octanol–water partition coefficient (Wildman–Crippen LogP) is 1.76. The summed E-state index contributed by atoms with van der Waals surface area (Å²) in [5.74, 6) is 0.112. The van der Waals surface area contributed by atoms with Gasteiger partial charge in [-0.15, -0.1) is 0 Å². The van der Waals surface area contributed by atoms with Crippen LogP contribution in [0.4, 0.5) is 13.2 Å². The summed E-state index contributed by atoms with van der Waals surface area (Å²) in [7, 11) is -4.31. The van der Waals surface area contributed by atoms with Crippen molar-refractivity contribution >= 4 is 10.0 Å². The molecule has 0 fully saturated rings. The van der Waals surface area contributed by atoms with Crippen LogP contribution in [0, 0.1) is 0 Å². The fourth-order valence-corrected chi connectivity index (χ4v) is 2.83. The van der Waals surface area contributed by atoms with E-state index in [9.17, 15) is 21.6 Å². The molecule has 2 rings (SSSR count). The number of nitrogens with one attached hydrogen (secondary N) is 1. The second-order valence-electron chi connectivity index (χ2n) is 3.90. The van der Waals surface area contributed by atoms with E-state index in [-0.39, 0.29) is 15.0 Å². The van der Waals surface area contributed by atoms with E-state index in [0.717, 1.165) is 12.4 Å². The topological polar surface area (TPSA) is 79.2 Å². The van der Waals surface area contributed by atoms with Crippen LogP contribution in [0.3, 0.4) is 0 Å². The number of aromatic nitrogens is 2. The molecule has 0 atom stereocenters. The number of hydrogen-bond acceptors (Lipinski definition) is 4. The molecule has 10 heteroatoms. The number of aromatic amines is 1. The Kier molecular flexibility index (Phi) is 3.86. The van der Waals surface area contributed by atoms with Gasteiger partial charge in [-0.05, 0) is 12.1 Å². The largest absolute Gasteiger partial charge is 0.468 e. The first-order valence-corrected chi connectivity index (χ1v) is 6.81. The van der Waals surface area contributed by atoms with Gasteiger partial charge in [-0.25, -0.2) is 8.42 Å². The molecule has 0 saturated heterocycles. The summed E-state index contributed by atoms with van der Waals surface area (Å²) in [6.07, 6.45) is -1.45. The lowest BCUT2D eigenvalue weighted by Crippen LogP contribution is -2.38. The molecular formula is C10H10F3N3O3S. The number of furan rings is 1. The number of nitrogens with zero attached hydrogens (tertiary/aromatic N) is 2. The maximum atomic E-state index is 12.5. The van der Waals surface area contributed by atoms with Gasteiger partial charge in [-0.2, -0.15) is 22.6 Å². The van der Waals surface area contributed by atoms with E-state index in [2.05, 4.69) is 10.2 Å². The van der Waals surface area contributed by atoms with Crippen molar-refractivity contribution in [2.45, 2.75) is 17.6 Å². The van der Waals surface area contributed by atoms with Crippen LogP contribution in [0.25, 0.3) is 0 Å². The van der Waals surface area contributed by atoms with Gasteiger partial charge in [0.25, 0.3) is 0 Å². The lowest BCUT2D eigenvalue weighted by atomic mass is 10.4. The zero-order chi connectivity index (χ0) is 14.8. The smallest absolute Gasteiger partial charge is 0.402 e. The zero-order valence-electron chi connectivity index (χ0n) is 9.96. The third-order valence-electron chi connectivity index (χ3n) is 2.38. The van der Waals surface area contributed by atoms with Crippen LogP contribution in [0.5, 0.6) is 0 Å². The Morgan fingerprint density at radius 3 is 2.65 bits per heavy atom. The van der Waals surface area contributed by atoms with Crippen molar-refractivity contribution in [2.24, 2.45) is 0 Å². The normalized spacial score (nSPS) is 13.0. The third-order valence-corrected chi connectivity index (χ3v) is 4.14. The predicted molar refractivity (Wildman–Crippen MR) is 60.9 cm³/mol. The first-order valence-electron chi connectivity index (χ1n) is 5.37. The highest BCUT2D eigenvalue weighted by Crippen LogP contribution is 2.24. The summed E-state index contributed by atoms with van der Waals surface area (Å²) in [4.78, 5) is -0.340. The zero-order valence-corrected chi connectivity index (χ0v) is 10.8. The van der Waals surface area contributed by atoms with Crippen LogP contribution in [0.1, 0.15) is 5.76 Å². The minimum Gasteiger partial charge on any atom is -0.468 e. The molecule has 0 aromatic carbocycles. The van der Waals surface area contributed by atoms with Crippen molar-refractivity contribution in [3.63, 3.8) is 0 Å². The molecular weight excluding hydrogens is 299 g/mol. The molecule has 0 bridgehead atoms. The quantitative estimate of drug-likeness (QED) is 0.912. The Bertz CT molecular complexity index is 635. The van der Waals surface area contributed by atoms with Gasteiger partial charge in [-0.3, -0.25) is 5.10 Å². The van der Waals surface area contributed by atoms with Crippen molar-refractivity contribution in [1.29, 1.82) is 0 Å². The molecule has 2 aromatic rings. The second-order valence-corrected chi connectivity index (χ2v) is 5.84. The summed E-state index contributed by atoms with van der Waals surface area (Å²) in [5.41, 5.74) is 0. The highest BCUT2D eigenvalue weighted by Gasteiger charge is 2.37. The third kappa shape index (κ3) is 3.39. The second kappa shape index (κ2) is 5.29. The Morgan fingerprint density at radius 1 is 1.40 bits per heavy atom. The summed E-state index contributed by atoms with van der Waals surface area (Å²) in [6.45, 7) is -2.12. The summed E-state index contributed by atoms with van der Waals surface area (Å²) < 4.78 is 67.1. The average Bonchev–Trinajstić information content (AvgIpc) is 2.99. The van der Waals surface area contributed by atoms with Gasteiger partial charge in [0, 0.05) is 6.20 Å². The molecule has 0 saturated carbocycles. The van der Waals surface area contributed by atoms with E-state index in [0.29, 0.717) is 0 Å². The Morgan fingerprint density at radius 2 is 2.15 bits per heavy atom. The minimum atomic E-state index is -4.66. The minimum absolute atomic E-state index is 0.112. The van der Waals surface area contributed by atoms with Crippen molar-refractivity contribution in [3.8, 4) is 0 Å². The van der Waals surface area contributed by atoms with Gasteiger partial charge >= 0.3 is 6.18 Å². The van der Waals surface area contributed by atoms with Gasteiger partial charge < -0.3 is 4.42 Å². The fourth-order valence-electron chi connectivity index (χ4n) is 1.53. The van der Waals surface area contributed by atoms with E-state index in [1.54, 1.807) is 0 Å². The Hall–Kier alpha value is -1.81. The molecule has 6 nitrogen and oxygen atoms in total. The van der Waals surface area contributed by atoms with Crippen LogP contribution in [0.15, 0.2) is 40.1 Å². The van der Waals surface area contributed by atoms with E-state index in [4.69, 9.17) is 4.42 Å². The highest BCUT2D eigenvalue weighted by molar-refractivity contribution is 7.89. The molecule has 0 spiro atoms. The van der Waals surface area contributed by atoms with Crippen molar-refractivity contribution in [1.82, 2.24) is 14.5 Å². The van der Waals surface area contributed by atoms with E-state index in [1.165, 1.54) is 18.4 Å². The summed E-state index contributed by atoms with van der Waals surface area (Å²) in [5, 5.41) is 5.68. The van der Waals surface area contributed by atoms with E-state index in [1.807, 2.05) is 0 Å². The van der Waals surface area contributed by atoms with Crippen molar-refractivity contribution in [2.75, 3.05) is 6.54 Å².